The summed E-state index contributed by atoms with van der Waals surface area (Å²) in [5, 5.41) is 3.26. The van der Waals surface area contributed by atoms with Crippen molar-refractivity contribution in [3.63, 3.8) is 0 Å². The fourth-order valence-corrected chi connectivity index (χ4v) is 9.81. The van der Waals surface area contributed by atoms with Gasteiger partial charge >= 0.3 is 8.32 Å². The lowest BCUT2D eigenvalue weighted by Crippen LogP contribution is -2.71. The van der Waals surface area contributed by atoms with Crippen molar-refractivity contribution >= 4 is 76.1 Å². The Morgan fingerprint density at radius 1 is 0.605 bits per heavy atom. The Morgan fingerprint density at radius 3 is 1.45 bits per heavy atom. The van der Waals surface area contributed by atoms with Crippen molar-refractivity contribution in [2.75, 3.05) is 0 Å². The maximum atomic E-state index is 12.4. The van der Waals surface area contributed by atoms with Gasteiger partial charge in [0.1, 0.15) is 25.8 Å². The van der Waals surface area contributed by atoms with Crippen LogP contribution in [-0.4, -0.2) is 20.2 Å². The van der Waals surface area contributed by atoms with Crippen LogP contribution in [0, 0.1) is 0 Å². The van der Waals surface area contributed by atoms with Crippen molar-refractivity contribution in [2.24, 2.45) is 0 Å². The monoisotopic (exact) mass is 600 g/mol. The molecular formula is C30H24Cl4O3Si. The summed E-state index contributed by atoms with van der Waals surface area (Å²) in [6.07, 6.45) is 2.14. The van der Waals surface area contributed by atoms with E-state index in [4.69, 9.17) is 55.6 Å². The summed E-state index contributed by atoms with van der Waals surface area (Å²) in [4.78, 5) is 12.4. The largest absolute Gasteiger partial charge is 0.528 e. The first kappa shape index (κ1) is 27.1. The Kier molecular flexibility index (Phi) is 8.37. The number of carbonyl (C=O) groups excluding carboxylic acids is 1. The highest BCUT2D eigenvalue weighted by molar-refractivity contribution is 7.07. The summed E-state index contributed by atoms with van der Waals surface area (Å²) in [7, 11) is -3.23. The van der Waals surface area contributed by atoms with Gasteiger partial charge < -0.3 is 9.16 Å². The van der Waals surface area contributed by atoms with E-state index < -0.39 is 14.4 Å². The lowest BCUT2D eigenvalue weighted by atomic mass is 9.96. The molecule has 194 valence electrons. The van der Waals surface area contributed by atoms with Crippen molar-refractivity contribution in [2.45, 2.75) is 31.8 Å². The Balaban J connectivity index is 1.69. The Bertz CT molecular complexity index is 1310. The van der Waals surface area contributed by atoms with Gasteiger partial charge in [-0.2, -0.15) is 0 Å². The number of hydrogen-bond acceptors (Lipinski definition) is 3. The molecule has 1 unspecified atom stereocenters. The quantitative estimate of drug-likeness (QED) is 0.127. The minimum absolute atomic E-state index is 0.0135. The third-order valence-corrected chi connectivity index (χ3v) is 12.3. The van der Waals surface area contributed by atoms with Crippen LogP contribution >= 0.6 is 46.4 Å². The van der Waals surface area contributed by atoms with Crippen LogP contribution in [0.5, 0.6) is 11.5 Å². The molecule has 1 atom stereocenters. The average Bonchev–Trinajstić information content (AvgIpc) is 2.97. The fourth-order valence-electron chi connectivity index (χ4n) is 4.85. The number of Topliss-reactive ketones (excluding diaryl/α,β-unsaturated/α-hetero) is 1. The number of hydrogen-bond donors (Lipinski definition) is 0. The summed E-state index contributed by atoms with van der Waals surface area (Å²) in [5.74, 6) is 0.288. The maximum absolute atomic E-state index is 12.4. The third kappa shape index (κ3) is 5.08. The lowest BCUT2D eigenvalue weighted by molar-refractivity contribution is -0.127. The summed E-state index contributed by atoms with van der Waals surface area (Å²) >= 11 is 27.2. The summed E-state index contributed by atoms with van der Waals surface area (Å²) in [6.45, 7) is 0. The van der Waals surface area contributed by atoms with Crippen LogP contribution in [-0.2, 0) is 4.79 Å². The van der Waals surface area contributed by atoms with Gasteiger partial charge in [0.05, 0.1) is 0 Å². The van der Waals surface area contributed by atoms with Crippen LogP contribution in [0.2, 0.25) is 20.1 Å². The minimum atomic E-state index is -3.23. The van der Waals surface area contributed by atoms with E-state index in [1.54, 1.807) is 0 Å². The fraction of sp³-hybridized carbons (Fsp3) is 0.167. The second-order valence-electron chi connectivity index (χ2n) is 9.11. The van der Waals surface area contributed by atoms with E-state index in [1.807, 2.05) is 91.0 Å². The second kappa shape index (κ2) is 11.7. The molecule has 0 heterocycles. The van der Waals surface area contributed by atoms with Gasteiger partial charge in [-0.25, -0.2) is 0 Å². The number of ether oxygens (including phenoxy) is 1. The van der Waals surface area contributed by atoms with E-state index in [9.17, 15) is 4.79 Å². The molecule has 0 spiro atoms. The highest BCUT2D eigenvalue weighted by Gasteiger charge is 2.45. The Labute approximate surface area is 243 Å². The van der Waals surface area contributed by atoms with Crippen LogP contribution in [0.15, 0.2) is 91.0 Å². The molecule has 1 fully saturated rings. The van der Waals surface area contributed by atoms with Crippen molar-refractivity contribution in [1.82, 2.24) is 0 Å². The lowest BCUT2D eigenvalue weighted by Gasteiger charge is -2.34. The van der Waals surface area contributed by atoms with Crippen LogP contribution in [0.25, 0.3) is 0 Å². The van der Waals surface area contributed by atoms with Gasteiger partial charge in [-0.1, -0.05) is 137 Å². The molecule has 0 amide bonds. The van der Waals surface area contributed by atoms with E-state index in [-0.39, 0.29) is 37.4 Å². The predicted octanol–water partition coefficient (Wildman–Crippen LogP) is 7.24. The van der Waals surface area contributed by atoms with Crippen molar-refractivity contribution in [1.29, 1.82) is 0 Å². The van der Waals surface area contributed by atoms with Crippen molar-refractivity contribution in [3.8, 4) is 11.5 Å². The summed E-state index contributed by atoms with van der Waals surface area (Å²) in [5.41, 5.74) is 0. The molecule has 38 heavy (non-hydrogen) atoms. The smallest absolute Gasteiger partial charge is 0.347 e. The van der Waals surface area contributed by atoms with Crippen molar-refractivity contribution < 1.29 is 14.0 Å². The first-order valence-corrected chi connectivity index (χ1v) is 15.8. The van der Waals surface area contributed by atoms with Gasteiger partial charge in [0.2, 0.25) is 0 Å². The molecule has 0 bridgehead atoms. The number of carbonyl (C=O) groups is 1. The zero-order chi connectivity index (χ0) is 26.7. The highest BCUT2D eigenvalue weighted by atomic mass is 35.5. The molecule has 3 nitrogen and oxygen atoms in total. The van der Waals surface area contributed by atoms with E-state index in [0.717, 1.165) is 28.4 Å². The molecule has 0 saturated heterocycles. The molecule has 0 N–H and O–H groups in total. The minimum Gasteiger partial charge on any atom is -0.528 e. The predicted molar refractivity (Wildman–Crippen MR) is 159 cm³/mol. The third-order valence-electron chi connectivity index (χ3n) is 6.74. The molecule has 0 aromatic heterocycles. The van der Waals surface area contributed by atoms with Gasteiger partial charge in [0.25, 0.3) is 0 Å². The SMILES string of the molecule is O=C1CCCCC1Oc1c(Cl)c(Cl)c(O[Si](c2ccccc2)(c2ccccc2)c2ccccc2)c(Cl)c1Cl. The maximum Gasteiger partial charge on any atom is 0.347 e. The molecule has 8 heteroatoms. The summed E-state index contributed by atoms with van der Waals surface area (Å²) < 4.78 is 13.0. The van der Waals surface area contributed by atoms with E-state index >= 15 is 0 Å². The van der Waals surface area contributed by atoms with Crippen LogP contribution in [0.4, 0.5) is 0 Å². The van der Waals surface area contributed by atoms with Crippen LogP contribution in [0.1, 0.15) is 25.7 Å². The van der Waals surface area contributed by atoms with Crippen LogP contribution < -0.4 is 24.7 Å². The van der Waals surface area contributed by atoms with Gasteiger partial charge in [-0.05, 0) is 34.8 Å². The molecule has 4 aromatic rings. The molecule has 1 saturated carbocycles. The van der Waals surface area contributed by atoms with Gasteiger partial charge in [0.15, 0.2) is 17.6 Å². The molecule has 5 rings (SSSR count). The molecule has 1 aliphatic carbocycles. The molecule has 1 aliphatic rings. The van der Waals surface area contributed by atoms with Gasteiger partial charge in [0, 0.05) is 6.42 Å². The van der Waals surface area contributed by atoms with Crippen molar-refractivity contribution in [3.05, 3.63) is 111 Å². The second-order valence-corrected chi connectivity index (χ2v) is 13.9. The summed E-state index contributed by atoms with van der Waals surface area (Å²) in [6, 6.07) is 30.0. The van der Waals surface area contributed by atoms with E-state index in [0.29, 0.717) is 12.8 Å². The zero-order valence-electron chi connectivity index (χ0n) is 20.3. The number of rotatable bonds is 7. The van der Waals surface area contributed by atoms with E-state index in [2.05, 4.69) is 0 Å². The normalized spacial score (nSPS) is 15.8. The molecule has 0 radical (unpaired) electrons. The molecular weight excluding hydrogens is 578 g/mol. The Hall–Kier alpha value is -2.47. The zero-order valence-corrected chi connectivity index (χ0v) is 24.3. The molecule has 4 aromatic carbocycles. The number of halogens is 4. The topological polar surface area (TPSA) is 35.5 Å². The number of ketones is 1. The van der Waals surface area contributed by atoms with E-state index in [1.165, 1.54) is 0 Å². The van der Waals surface area contributed by atoms with Gasteiger partial charge in [-0.15, -0.1) is 0 Å². The average molecular weight is 602 g/mol. The molecule has 0 aliphatic heterocycles. The van der Waals surface area contributed by atoms with Crippen LogP contribution in [0.3, 0.4) is 0 Å². The van der Waals surface area contributed by atoms with Gasteiger partial charge in [-0.3, -0.25) is 4.79 Å². The standard InChI is InChI=1S/C30H24Cl4O3Si/c31-25-27(33)30(28(34)26(32)29(25)36-24-19-11-10-18-23(24)35)37-38(20-12-4-1-5-13-20,21-14-6-2-7-15-21)22-16-8-3-9-17-22/h1-9,12-17,24H,10-11,18-19H2. The highest BCUT2D eigenvalue weighted by Crippen LogP contribution is 2.51. The first-order valence-electron chi connectivity index (χ1n) is 12.3. The number of benzene rings is 4. The Morgan fingerprint density at radius 2 is 1.03 bits per heavy atom. The first-order chi connectivity index (χ1) is 18.4.